The minimum absolute atomic E-state index is 0.0125. The van der Waals surface area contributed by atoms with Crippen LogP contribution < -0.4 is 20.9 Å². The first-order valence-corrected chi connectivity index (χ1v) is 14.8. The van der Waals surface area contributed by atoms with Crippen LogP contribution in [-0.2, 0) is 10.5 Å². The van der Waals surface area contributed by atoms with E-state index in [1.807, 2.05) is 25.9 Å². The van der Waals surface area contributed by atoms with Gasteiger partial charge in [-0.25, -0.2) is 23.5 Å². The standard InChI is InChI=1S/C31H28F4IN7O2/c1-17-7-8-18(28(44)39-20-11-9-19(10-12-20)31(34,35)36)15-21(17)25-22-16-38-30(45)43(26-23(32)5-4-6-24(26)33)27(22)41-29(40-25)37-13-14-42(2)3/h4-12,15H,13-14,16H2,1-3H3,(H,38,45)(H,39,44)(H,37,40,41). The fraction of sp³-hybridized carbons (Fsp3) is 0.226. The van der Waals surface area contributed by atoms with Gasteiger partial charge in [0.1, 0.15) is 17.3 Å². The SMILES string of the molecule is Cc1ccc(C(=O)Nc2ccc(C(F)(F)I)cc2)cc1-c1nc(NCCN(C)C)nc2c1CNC(=O)N2c1c(F)cccc1F. The van der Waals surface area contributed by atoms with Crippen molar-refractivity contribution in [1.82, 2.24) is 20.2 Å². The average Bonchev–Trinajstić information content (AvgIpc) is 2.97. The minimum atomic E-state index is -3.05. The average molecular weight is 734 g/mol. The van der Waals surface area contributed by atoms with Crippen molar-refractivity contribution in [3.05, 3.63) is 94.6 Å². The molecule has 0 saturated heterocycles. The lowest BCUT2D eigenvalue weighted by atomic mass is 9.97. The van der Waals surface area contributed by atoms with Crippen LogP contribution in [0.3, 0.4) is 0 Å². The Bertz CT molecular complexity index is 1740. The number of rotatable bonds is 9. The molecular formula is C31H28F4IN7O2. The van der Waals surface area contributed by atoms with E-state index in [4.69, 9.17) is 4.98 Å². The summed E-state index contributed by atoms with van der Waals surface area (Å²) in [4.78, 5) is 38.3. The molecule has 1 aliphatic rings. The van der Waals surface area contributed by atoms with Crippen LogP contribution in [-0.4, -0.2) is 54.0 Å². The van der Waals surface area contributed by atoms with E-state index in [9.17, 15) is 27.2 Å². The lowest BCUT2D eigenvalue weighted by molar-refractivity contribution is 0.102. The largest absolute Gasteiger partial charge is 0.353 e. The summed E-state index contributed by atoms with van der Waals surface area (Å²) in [7, 11) is 3.78. The molecule has 0 spiro atoms. The van der Waals surface area contributed by atoms with Gasteiger partial charge in [-0.2, -0.15) is 13.8 Å². The highest BCUT2D eigenvalue weighted by atomic mass is 127. The smallest absolute Gasteiger partial charge is 0.328 e. The van der Waals surface area contributed by atoms with Crippen LogP contribution in [0, 0.1) is 18.6 Å². The van der Waals surface area contributed by atoms with Crippen molar-refractivity contribution in [2.75, 3.05) is 42.7 Å². The normalized spacial score (nSPS) is 13.0. The Morgan fingerprint density at radius 1 is 1.07 bits per heavy atom. The maximum absolute atomic E-state index is 15.0. The zero-order valence-electron chi connectivity index (χ0n) is 24.4. The summed E-state index contributed by atoms with van der Waals surface area (Å²) in [5.41, 5.74) is 1.74. The van der Waals surface area contributed by atoms with E-state index >= 15 is 0 Å². The lowest BCUT2D eigenvalue weighted by Gasteiger charge is -2.31. The number of aromatic nitrogens is 2. The Morgan fingerprint density at radius 3 is 2.40 bits per heavy atom. The molecule has 0 aliphatic carbocycles. The highest BCUT2D eigenvalue weighted by Gasteiger charge is 2.34. The first-order valence-electron chi connectivity index (χ1n) is 13.7. The Hall–Kier alpha value is -4.31. The van der Waals surface area contributed by atoms with Gasteiger partial charge in [-0.1, -0.05) is 24.3 Å². The summed E-state index contributed by atoms with van der Waals surface area (Å²) in [5, 5.41) is 8.47. The predicted octanol–water partition coefficient (Wildman–Crippen LogP) is 6.80. The van der Waals surface area contributed by atoms with Gasteiger partial charge < -0.3 is 20.9 Å². The molecule has 1 aromatic heterocycles. The summed E-state index contributed by atoms with van der Waals surface area (Å²) in [6.07, 6.45) is 0. The number of likely N-dealkylation sites (N-methyl/N-ethyl adjacent to an activating group) is 1. The Morgan fingerprint density at radius 2 is 1.76 bits per heavy atom. The van der Waals surface area contributed by atoms with Gasteiger partial charge in [0.25, 0.3) is 5.91 Å². The van der Waals surface area contributed by atoms with Gasteiger partial charge in [0.2, 0.25) is 5.95 Å². The number of amides is 3. The van der Waals surface area contributed by atoms with Gasteiger partial charge >= 0.3 is 9.96 Å². The molecule has 3 N–H and O–H groups in total. The number of carbonyl (C=O) groups excluding carboxylic acids is 2. The molecule has 0 fully saturated rings. The number of nitrogens with zero attached hydrogens (tertiary/aromatic N) is 4. The third kappa shape index (κ3) is 7.01. The number of hydrogen-bond donors (Lipinski definition) is 3. The number of halogens is 5. The van der Waals surface area contributed by atoms with Crippen LogP contribution in [0.1, 0.15) is 27.0 Å². The van der Waals surface area contributed by atoms with Crippen molar-refractivity contribution in [2.24, 2.45) is 0 Å². The highest BCUT2D eigenvalue weighted by molar-refractivity contribution is 14.1. The monoisotopic (exact) mass is 733 g/mol. The number of hydrogen-bond acceptors (Lipinski definition) is 6. The number of anilines is 4. The number of urea groups is 1. The molecule has 0 atom stereocenters. The number of carbonyl (C=O) groups is 2. The molecule has 0 unspecified atom stereocenters. The van der Waals surface area contributed by atoms with Gasteiger partial charge in [-0.3, -0.25) is 4.79 Å². The van der Waals surface area contributed by atoms with Gasteiger partial charge in [-0.05, 0) is 63.0 Å². The van der Waals surface area contributed by atoms with Crippen LogP contribution in [0.2, 0.25) is 0 Å². The van der Waals surface area contributed by atoms with Crippen LogP contribution in [0.25, 0.3) is 11.3 Å². The summed E-state index contributed by atoms with van der Waals surface area (Å²) in [6, 6.07) is 12.7. The number of fused-ring (bicyclic) bond motifs is 1. The molecule has 3 amide bonds. The third-order valence-corrected chi connectivity index (χ3v) is 7.67. The van der Waals surface area contributed by atoms with Crippen molar-refractivity contribution in [3.8, 4) is 11.3 Å². The fourth-order valence-corrected chi connectivity index (χ4v) is 5.09. The second kappa shape index (κ2) is 13.0. The van der Waals surface area contributed by atoms with Crippen LogP contribution in [0.15, 0.2) is 60.7 Å². The molecule has 4 aromatic rings. The summed E-state index contributed by atoms with van der Waals surface area (Å²) in [6.45, 7) is 2.81. The van der Waals surface area contributed by atoms with Gasteiger partial charge in [-0.15, -0.1) is 0 Å². The summed E-state index contributed by atoms with van der Waals surface area (Å²) >= 11 is 1.04. The van der Waals surface area contributed by atoms with Crippen molar-refractivity contribution < 1.29 is 27.2 Å². The quantitative estimate of drug-likeness (QED) is 0.0995. The zero-order valence-corrected chi connectivity index (χ0v) is 26.5. The Labute approximate surface area is 270 Å². The van der Waals surface area contributed by atoms with Gasteiger partial charge in [0, 0.05) is 63.6 Å². The molecule has 1 aliphatic heterocycles. The number of nitrogens with one attached hydrogen (secondary N) is 3. The van der Waals surface area contributed by atoms with Crippen molar-refractivity contribution in [1.29, 1.82) is 0 Å². The maximum Gasteiger partial charge on any atom is 0.328 e. The first kappa shape index (κ1) is 32.1. The molecule has 0 radical (unpaired) electrons. The van der Waals surface area contributed by atoms with Crippen molar-refractivity contribution >= 4 is 57.7 Å². The van der Waals surface area contributed by atoms with Crippen molar-refractivity contribution in [2.45, 2.75) is 17.4 Å². The maximum atomic E-state index is 15.0. The lowest BCUT2D eigenvalue weighted by Crippen LogP contribution is -2.43. The van der Waals surface area contributed by atoms with Gasteiger partial charge in [0.05, 0.1) is 12.2 Å². The predicted molar refractivity (Wildman–Crippen MR) is 172 cm³/mol. The van der Waals surface area contributed by atoms with Crippen molar-refractivity contribution in [3.63, 3.8) is 0 Å². The molecule has 45 heavy (non-hydrogen) atoms. The Balaban J connectivity index is 1.58. The molecule has 9 nitrogen and oxygen atoms in total. The minimum Gasteiger partial charge on any atom is -0.353 e. The zero-order chi connectivity index (χ0) is 32.5. The van der Waals surface area contributed by atoms with Crippen LogP contribution in [0.4, 0.5) is 45.5 Å². The van der Waals surface area contributed by atoms with E-state index in [-0.39, 0.29) is 29.4 Å². The summed E-state index contributed by atoms with van der Waals surface area (Å²) < 4.78 is 54.1. The second-order valence-corrected chi connectivity index (χ2v) is 11.9. The first-order chi connectivity index (χ1) is 21.3. The fourth-order valence-electron chi connectivity index (χ4n) is 4.73. The van der Waals surface area contributed by atoms with E-state index in [2.05, 4.69) is 20.9 Å². The number of alkyl halides is 3. The molecule has 0 saturated carbocycles. The van der Waals surface area contributed by atoms with E-state index in [1.54, 1.807) is 18.2 Å². The van der Waals surface area contributed by atoms with Crippen LogP contribution in [0.5, 0.6) is 0 Å². The molecule has 3 aromatic carbocycles. The van der Waals surface area contributed by atoms with E-state index in [1.165, 1.54) is 30.3 Å². The van der Waals surface area contributed by atoms with E-state index < -0.39 is 33.2 Å². The number of para-hydroxylation sites is 1. The highest BCUT2D eigenvalue weighted by Crippen LogP contribution is 2.39. The third-order valence-electron chi connectivity index (χ3n) is 7.04. The molecule has 234 valence electrons. The second-order valence-electron chi connectivity index (χ2n) is 10.6. The number of benzene rings is 3. The molecule has 14 heteroatoms. The number of aryl methyl sites for hydroxylation is 1. The summed E-state index contributed by atoms with van der Waals surface area (Å²) in [5.74, 6) is -2.30. The topological polar surface area (TPSA) is 102 Å². The van der Waals surface area contributed by atoms with E-state index in [0.29, 0.717) is 35.6 Å². The molecular weight excluding hydrogens is 705 g/mol. The van der Waals surface area contributed by atoms with Gasteiger partial charge in [0.15, 0.2) is 5.82 Å². The van der Waals surface area contributed by atoms with E-state index in [0.717, 1.165) is 45.2 Å². The van der Waals surface area contributed by atoms with Crippen LogP contribution >= 0.6 is 22.6 Å². The molecule has 0 bridgehead atoms. The Kier molecular flexibility index (Phi) is 9.25. The molecule has 2 heterocycles. The molecule has 5 rings (SSSR count).